The Labute approximate surface area is 99.0 Å². The molecular weight excluding hydrogens is 240 g/mol. The van der Waals surface area contributed by atoms with Crippen LogP contribution >= 0.6 is 0 Å². The van der Waals surface area contributed by atoms with E-state index in [9.17, 15) is 8.42 Å². The molecular formula is C11H12N2O3S. The van der Waals surface area contributed by atoms with Crippen molar-refractivity contribution in [2.45, 2.75) is 11.5 Å². The fourth-order valence-electron chi connectivity index (χ4n) is 1.46. The lowest BCUT2D eigenvalue weighted by molar-refractivity contribution is 0.276. The molecule has 0 bridgehead atoms. The summed E-state index contributed by atoms with van der Waals surface area (Å²) in [5.41, 5.74) is 2.09. The summed E-state index contributed by atoms with van der Waals surface area (Å²) in [4.78, 5) is 0.277. The van der Waals surface area contributed by atoms with Gasteiger partial charge in [0, 0.05) is 11.8 Å². The topological polar surface area (TPSA) is 83.0 Å². The highest BCUT2D eigenvalue weighted by Crippen LogP contribution is 2.20. The van der Waals surface area contributed by atoms with Crippen LogP contribution in [0.2, 0.25) is 0 Å². The molecule has 0 spiro atoms. The first-order chi connectivity index (χ1) is 8.00. The number of hydrogen-bond donors (Lipinski definition) is 2. The minimum atomic E-state index is -3.17. The van der Waals surface area contributed by atoms with Crippen molar-refractivity contribution < 1.29 is 13.5 Å². The van der Waals surface area contributed by atoms with Crippen LogP contribution in [0, 0.1) is 0 Å². The number of aliphatic hydroxyl groups excluding tert-OH is 1. The molecule has 0 atom stereocenters. The van der Waals surface area contributed by atoms with Crippen LogP contribution in [0.3, 0.4) is 0 Å². The summed E-state index contributed by atoms with van der Waals surface area (Å²) in [6.45, 7) is -0.103. The van der Waals surface area contributed by atoms with Gasteiger partial charge in [0.2, 0.25) is 0 Å². The summed E-state index contributed by atoms with van der Waals surface area (Å²) >= 11 is 0. The van der Waals surface area contributed by atoms with Crippen LogP contribution in [0.4, 0.5) is 0 Å². The SMILES string of the molecule is CS(=O)(=O)c1ccc(-c2cc(CO)[nH]n2)cc1. The standard InChI is InChI=1S/C11H12N2O3S/c1-17(15,16)10-4-2-8(3-5-10)11-6-9(7-14)12-13-11/h2-6,14H,7H2,1H3,(H,12,13). The Bertz CT molecular complexity index is 614. The Morgan fingerprint density at radius 3 is 2.41 bits per heavy atom. The number of nitrogens with zero attached hydrogens (tertiary/aromatic N) is 1. The smallest absolute Gasteiger partial charge is 0.175 e. The van der Waals surface area contributed by atoms with E-state index in [0.29, 0.717) is 11.4 Å². The Balaban J connectivity index is 2.35. The molecule has 2 rings (SSSR count). The van der Waals surface area contributed by atoms with E-state index in [-0.39, 0.29) is 11.5 Å². The fourth-order valence-corrected chi connectivity index (χ4v) is 2.09. The number of aromatic nitrogens is 2. The second-order valence-electron chi connectivity index (χ2n) is 3.73. The second kappa shape index (κ2) is 4.31. The van der Waals surface area contributed by atoms with Crippen molar-refractivity contribution in [3.63, 3.8) is 0 Å². The van der Waals surface area contributed by atoms with Gasteiger partial charge in [-0.25, -0.2) is 8.42 Å². The minimum absolute atomic E-state index is 0.103. The van der Waals surface area contributed by atoms with Crippen LogP contribution < -0.4 is 0 Å². The fraction of sp³-hybridized carbons (Fsp3) is 0.182. The third-order valence-corrected chi connectivity index (χ3v) is 3.51. The minimum Gasteiger partial charge on any atom is -0.390 e. The Kier molecular flexibility index (Phi) is 2.99. The Morgan fingerprint density at radius 2 is 1.94 bits per heavy atom. The van der Waals surface area contributed by atoms with E-state index in [1.807, 2.05) is 0 Å². The number of aromatic amines is 1. The number of aliphatic hydroxyl groups is 1. The molecule has 0 fully saturated rings. The molecule has 1 aromatic carbocycles. The van der Waals surface area contributed by atoms with Gasteiger partial charge in [-0.1, -0.05) is 12.1 Å². The van der Waals surface area contributed by atoms with Crippen LogP contribution in [0.15, 0.2) is 35.2 Å². The summed E-state index contributed by atoms with van der Waals surface area (Å²) in [5.74, 6) is 0. The summed E-state index contributed by atoms with van der Waals surface area (Å²) in [7, 11) is -3.17. The quantitative estimate of drug-likeness (QED) is 0.852. The largest absolute Gasteiger partial charge is 0.390 e. The van der Waals surface area contributed by atoms with Gasteiger partial charge in [0.15, 0.2) is 9.84 Å². The molecule has 0 radical (unpaired) electrons. The number of benzene rings is 1. The van der Waals surface area contributed by atoms with E-state index in [4.69, 9.17) is 5.11 Å². The summed E-state index contributed by atoms with van der Waals surface area (Å²) in [6, 6.07) is 8.17. The Hall–Kier alpha value is -1.66. The van der Waals surface area contributed by atoms with Crippen molar-refractivity contribution >= 4 is 9.84 Å². The lowest BCUT2D eigenvalue weighted by Gasteiger charge is -1.99. The molecule has 5 nitrogen and oxygen atoms in total. The van der Waals surface area contributed by atoms with Gasteiger partial charge >= 0.3 is 0 Å². The molecule has 6 heteroatoms. The van der Waals surface area contributed by atoms with E-state index < -0.39 is 9.84 Å². The highest BCUT2D eigenvalue weighted by Gasteiger charge is 2.08. The van der Waals surface area contributed by atoms with Gasteiger partial charge in [-0.3, -0.25) is 5.10 Å². The van der Waals surface area contributed by atoms with Crippen LogP contribution in [0.5, 0.6) is 0 Å². The predicted octanol–water partition coefficient (Wildman–Crippen LogP) is 0.973. The maximum absolute atomic E-state index is 11.3. The normalized spacial score (nSPS) is 11.6. The summed E-state index contributed by atoms with van der Waals surface area (Å²) < 4.78 is 22.6. The maximum Gasteiger partial charge on any atom is 0.175 e. The third kappa shape index (κ3) is 2.54. The average molecular weight is 252 g/mol. The van der Waals surface area contributed by atoms with Gasteiger partial charge in [-0.2, -0.15) is 5.10 Å². The first-order valence-electron chi connectivity index (χ1n) is 4.96. The molecule has 2 aromatic rings. The molecule has 0 saturated carbocycles. The molecule has 0 aliphatic rings. The van der Waals surface area contributed by atoms with Crippen molar-refractivity contribution in [3.8, 4) is 11.3 Å². The monoisotopic (exact) mass is 252 g/mol. The first kappa shape index (κ1) is 11.8. The molecule has 1 heterocycles. The number of H-pyrrole nitrogens is 1. The lowest BCUT2D eigenvalue weighted by atomic mass is 10.1. The van der Waals surface area contributed by atoms with Crippen molar-refractivity contribution in [1.29, 1.82) is 0 Å². The summed E-state index contributed by atoms with van der Waals surface area (Å²) in [5, 5.41) is 15.6. The van der Waals surface area contributed by atoms with Gasteiger partial charge in [0.1, 0.15) is 0 Å². The molecule has 0 aliphatic carbocycles. The third-order valence-electron chi connectivity index (χ3n) is 2.38. The zero-order valence-corrected chi connectivity index (χ0v) is 10.0. The Morgan fingerprint density at radius 1 is 1.29 bits per heavy atom. The number of rotatable bonds is 3. The highest BCUT2D eigenvalue weighted by molar-refractivity contribution is 7.90. The molecule has 0 saturated heterocycles. The number of hydrogen-bond acceptors (Lipinski definition) is 4. The van der Waals surface area contributed by atoms with Crippen LogP contribution in [-0.4, -0.2) is 30.0 Å². The molecule has 0 aliphatic heterocycles. The predicted molar refractivity (Wildman–Crippen MR) is 63.1 cm³/mol. The van der Waals surface area contributed by atoms with Gasteiger partial charge in [-0.15, -0.1) is 0 Å². The van der Waals surface area contributed by atoms with Crippen molar-refractivity contribution in [1.82, 2.24) is 10.2 Å². The molecule has 2 N–H and O–H groups in total. The zero-order valence-electron chi connectivity index (χ0n) is 9.21. The van der Waals surface area contributed by atoms with Gasteiger partial charge in [-0.05, 0) is 18.2 Å². The molecule has 17 heavy (non-hydrogen) atoms. The zero-order chi connectivity index (χ0) is 12.5. The summed E-state index contributed by atoms with van der Waals surface area (Å²) in [6.07, 6.45) is 1.17. The van der Waals surface area contributed by atoms with E-state index in [1.165, 1.54) is 18.4 Å². The van der Waals surface area contributed by atoms with E-state index in [0.717, 1.165) is 5.56 Å². The van der Waals surface area contributed by atoms with E-state index in [1.54, 1.807) is 18.2 Å². The van der Waals surface area contributed by atoms with Crippen molar-refractivity contribution in [2.75, 3.05) is 6.26 Å². The average Bonchev–Trinajstić information content (AvgIpc) is 2.76. The van der Waals surface area contributed by atoms with E-state index >= 15 is 0 Å². The number of nitrogens with one attached hydrogen (secondary N) is 1. The van der Waals surface area contributed by atoms with Crippen LogP contribution in [0.1, 0.15) is 5.69 Å². The first-order valence-corrected chi connectivity index (χ1v) is 6.85. The van der Waals surface area contributed by atoms with Crippen molar-refractivity contribution in [3.05, 3.63) is 36.0 Å². The van der Waals surface area contributed by atoms with Crippen LogP contribution in [-0.2, 0) is 16.4 Å². The van der Waals surface area contributed by atoms with Crippen molar-refractivity contribution in [2.24, 2.45) is 0 Å². The highest BCUT2D eigenvalue weighted by atomic mass is 32.2. The van der Waals surface area contributed by atoms with Crippen LogP contribution in [0.25, 0.3) is 11.3 Å². The van der Waals surface area contributed by atoms with E-state index in [2.05, 4.69) is 10.2 Å². The van der Waals surface area contributed by atoms with Gasteiger partial charge in [0.25, 0.3) is 0 Å². The molecule has 0 unspecified atom stereocenters. The lowest BCUT2D eigenvalue weighted by Crippen LogP contribution is -1.96. The molecule has 1 aromatic heterocycles. The van der Waals surface area contributed by atoms with Gasteiger partial charge < -0.3 is 5.11 Å². The second-order valence-corrected chi connectivity index (χ2v) is 5.75. The number of sulfone groups is 1. The van der Waals surface area contributed by atoms with Gasteiger partial charge in [0.05, 0.1) is 22.9 Å². The maximum atomic E-state index is 11.3. The molecule has 0 amide bonds. The molecule has 90 valence electrons.